The number of rotatable bonds is 2. The van der Waals surface area contributed by atoms with Crippen molar-refractivity contribution < 1.29 is 0 Å². The normalized spacial score (nSPS) is 8.14. The summed E-state index contributed by atoms with van der Waals surface area (Å²) < 4.78 is 0. The van der Waals surface area contributed by atoms with Crippen LogP contribution in [0.2, 0.25) is 0 Å². The molecule has 3 N–H and O–H groups in total. The van der Waals surface area contributed by atoms with E-state index in [0.29, 0.717) is 0 Å². The fraction of sp³-hybridized carbons (Fsp3) is 0.222. The number of hydrogen-bond donors (Lipinski definition) is 2. The van der Waals surface area contributed by atoms with Gasteiger partial charge in [-0.15, -0.1) is 24.8 Å². The molecule has 0 heterocycles. The third-order valence-corrected chi connectivity index (χ3v) is 1.69. The van der Waals surface area contributed by atoms with Crippen LogP contribution in [0.25, 0.3) is 0 Å². The highest BCUT2D eigenvalue weighted by atomic mass is 35.5. The Morgan fingerprint density at radius 2 is 1.57 bits per heavy atom. The van der Waals surface area contributed by atoms with E-state index in [1.807, 2.05) is 43.3 Å². The lowest BCUT2D eigenvalue weighted by Gasteiger charge is -2.12. The summed E-state index contributed by atoms with van der Waals surface area (Å²) in [7, 11) is 3.95. The van der Waals surface area contributed by atoms with Crippen LogP contribution in [-0.2, 0) is 0 Å². The lowest BCUT2D eigenvalue weighted by molar-refractivity contribution is 1.13. The maximum absolute atomic E-state index is 7.18. The smallest absolute Gasteiger partial charge is 0.122 e. The molecule has 0 aliphatic rings. The highest BCUT2D eigenvalue weighted by Crippen LogP contribution is 2.11. The van der Waals surface area contributed by atoms with Gasteiger partial charge in [0.25, 0.3) is 0 Å². The van der Waals surface area contributed by atoms with Gasteiger partial charge >= 0.3 is 0 Å². The van der Waals surface area contributed by atoms with E-state index in [9.17, 15) is 0 Å². The molecule has 3 nitrogen and oxygen atoms in total. The van der Waals surface area contributed by atoms with Crippen LogP contribution >= 0.6 is 24.8 Å². The van der Waals surface area contributed by atoms with Crippen molar-refractivity contribution in [2.45, 2.75) is 0 Å². The van der Waals surface area contributed by atoms with Crippen LogP contribution in [0.5, 0.6) is 0 Å². The molecule has 0 aromatic heterocycles. The average Bonchev–Trinajstić information content (AvgIpc) is 2.04. The van der Waals surface area contributed by atoms with E-state index < -0.39 is 0 Å². The number of halogens is 2. The SMILES string of the molecule is CN(C)c1ccc(C(=N)N)cc1.Cl.Cl. The first-order chi connectivity index (χ1) is 5.61. The van der Waals surface area contributed by atoms with Crippen molar-refractivity contribution in [1.29, 1.82) is 5.41 Å². The van der Waals surface area contributed by atoms with Crippen LogP contribution in [0.1, 0.15) is 5.56 Å². The zero-order chi connectivity index (χ0) is 9.14. The molecule has 5 heteroatoms. The third-order valence-electron chi connectivity index (χ3n) is 1.69. The van der Waals surface area contributed by atoms with Crippen LogP contribution in [0.4, 0.5) is 5.69 Å². The largest absolute Gasteiger partial charge is 0.384 e. The highest BCUT2D eigenvalue weighted by molar-refractivity contribution is 5.95. The maximum atomic E-state index is 7.18. The average molecular weight is 236 g/mol. The molecule has 0 amide bonds. The second-order valence-corrected chi connectivity index (χ2v) is 2.85. The van der Waals surface area contributed by atoms with Crippen molar-refractivity contribution in [3.05, 3.63) is 29.8 Å². The monoisotopic (exact) mass is 235 g/mol. The van der Waals surface area contributed by atoms with Crippen molar-refractivity contribution in [3.63, 3.8) is 0 Å². The van der Waals surface area contributed by atoms with Crippen LogP contribution in [0, 0.1) is 5.41 Å². The Hall–Kier alpha value is -0.930. The highest BCUT2D eigenvalue weighted by Gasteiger charge is 1.96. The van der Waals surface area contributed by atoms with Crippen LogP contribution in [0.3, 0.4) is 0 Å². The number of nitrogen functional groups attached to an aromatic ring is 1. The van der Waals surface area contributed by atoms with Crippen LogP contribution in [0.15, 0.2) is 24.3 Å². The van der Waals surface area contributed by atoms with E-state index in [-0.39, 0.29) is 30.6 Å². The van der Waals surface area contributed by atoms with Gasteiger partial charge in [0.1, 0.15) is 5.84 Å². The molecule has 0 unspecified atom stereocenters. The van der Waals surface area contributed by atoms with Gasteiger partial charge in [0.2, 0.25) is 0 Å². The second kappa shape index (κ2) is 6.51. The van der Waals surface area contributed by atoms with Gasteiger partial charge in [-0.3, -0.25) is 5.41 Å². The molecule has 0 saturated carbocycles. The first-order valence-corrected chi connectivity index (χ1v) is 3.73. The van der Waals surface area contributed by atoms with E-state index >= 15 is 0 Å². The maximum Gasteiger partial charge on any atom is 0.122 e. The lowest BCUT2D eigenvalue weighted by Crippen LogP contribution is -2.12. The topological polar surface area (TPSA) is 53.1 Å². The molecule has 1 aromatic rings. The van der Waals surface area contributed by atoms with Crippen molar-refractivity contribution in [2.75, 3.05) is 19.0 Å². The number of nitrogens with one attached hydrogen (secondary N) is 1. The summed E-state index contributed by atoms with van der Waals surface area (Å²) in [5.41, 5.74) is 7.19. The summed E-state index contributed by atoms with van der Waals surface area (Å²) in [6, 6.07) is 7.57. The molecule has 0 aliphatic carbocycles. The molecule has 0 radical (unpaired) electrons. The van der Waals surface area contributed by atoms with E-state index in [1.165, 1.54) is 0 Å². The van der Waals surface area contributed by atoms with E-state index in [2.05, 4.69) is 0 Å². The Labute approximate surface area is 96.6 Å². The molecule has 0 aliphatic heterocycles. The summed E-state index contributed by atoms with van der Waals surface area (Å²) in [5.74, 6) is 0.111. The standard InChI is InChI=1S/C9H13N3.2ClH/c1-12(2)8-5-3-7(4-6-8)9(10)11;;/h3-6H,1-2H3,(H3,10,11);2*1H. The summed E-state index contributed by atoms with van der Waals surface area (Å²) in [6.07, 6.45) is 0. The number of amidine groups is 1. The van der Waals surface area contributed by atoms with Crippen molar-refractivity contribution in [1.82, 2.24) is 0 Å². The Kier molecular flexibility index (Phi) is 7.23. The fourth-order valence-corrected chi connectivity index (χ4v) is 0.939. The molecular formula is C9H15Cl2N3. The van der Waals surface area contributed by atoms with Gasteiger partial charge in [-0.1, -0.05) is 0 Å². The Morgan fingerprint density at radius 1 is 1.14 bits per heavy atom. The molecule has 0 spiro atoms. The lowest BCUT2D eigenvalue weighted by atomic mass is 10.2. The number of nitrogens with zero attached hydrogens (tertiary/aromatic N) is 1. The van der Waals surface area contributed by atoms with Gasteiger partial charge in [0, 0.05) is 25.3 Å². The van der Waals surface area contributed by atoms with Crippen molar-refractivity contribution >= 4 is 36.3 Å². The fourth-order valence-electron chi connectivity index (χ4n) is 0.939. The summed E-state index contributed by atoms with van der Waals surface area (Å²) in [6.45, 7) is 0. The Balaban J connectivity index is 0. The van der Waals surface area contributed by atoms with Crippen molar-refractivity contribution in [3.8, 4) is 0 Å². The van der Waals surface area contributed by atoms with E-state index in [4.69, 9.17) is 11.1 Å². The van der Waals surface area contributed by atoms with Gasteiger partial charge < -0.3 is 10.6 Å². The number of anilines is 1. The number of nitrogens with two attached hydrogens (primary N) is 1. The molecule has 14 heavy (non-hydrogen) atoms. The molecule has 0 fully saturated rings. The predicted octanol–water partition coefficient (Wildman–Crippen LogP) is 1.88. The minimum atomic E-state index is 0. The molecule has 0 bridgehead atoms. The predicted molar refractivity (Wildman–Crippen MR) is 66.3 cm³/mol. The minimum Gasteiger partial charge on any atom is -0.384 e. The molecule has 1 aromatic carbocycles. The molecule has 80 valence electrons. The van der Waals surface area contributed by atoms with Gasteiger partial charge in [-0.25, -0.2) is 0 Å². The van der Waals surface area contributed by atoms with Crippen LogP contribution in [-0.4, -0.2) is 19.9 Å². The van der Waals surface area contributed by atoms with Crippen LogP contribution < -0.4 is 10.6 Å². The first kappa shape index (κ1) is 15.5. The van der Waals surface area contributed by atoms with Gasteiger partial charge in [-0.2, -0.15) is 0 Å². The molecule has 0 saturated heterocycles. The first-order valence-electron chi connectivity index (χ1n) is 3.73. The van der Waals surface area contributed by atoms with Gasteiger partial charge in [0.15, 0.2) is 0 Å². The third kappa shape index (κ3) is 3.85. The number of hydrogen-bond acceptors (Lipinski definition) is 2. The zero-order valence-electron chi connectivity index (χ0n) is 8.15. The molecule has 1 rings (SSSR count). The Morgan fingerprint density at radius 3 is 1.86 bits per heavy atom. The summed E-state index contributed by atoms with van der Waals surface area (Å²) >= 11 is 0. The number of benzene rings is 1. The van der Waals surface area contributed by atoms with Gasteiger partial charge in [-0.05, 0) is 24.3 Å². The molecule has 0 atom stereocenters. The Bertz CT molecular complexity index is 283. The van der Waals surface area contributed by atoms with Gasteiger partial charge in [0.05, 0.1) is 0 Å². The summed E-state index contributed by atoms with van der Waals surface area (Å²) in [5, 5.41) is 7.18. The zero-order valence-corrected chi connectivity index (χ0v) is 9.78. The second-order valence-electron chi connectivity index (χ2n) is 2.85. The van der Waals surface area contributed by atoms with Crippen molar-refractivity contribution in [2.24, 2.45) is 5.73 Å². The molecular weight excluding hydrogens is 221 g/mol. The summed E-state index contributed by atoms with van der Waals surface area (Å²) in [4.78, 5) is 2.00. The van der Waals surface area contributed by atoms with E-state index in [1.54, 1.807) is 0 Å². The minimum absolute atomic E-state index is 0. The quantitative estimate of drug-likeness (QED) is 0.608. The van der Waals surface area contributed by atoms with E-state index in [0.717, 1.165) is 11.3 Å².